The van der Waals surface area contributed by atoms with Crippen molar-refractivity contribution in [1.29, 1.82) is 0 Å². The minimum Gasteiger partial charge on any atom is -0.326 e. The molecule has 0 saturated heterocycles. The van der Waals surface area contributed by atoms with Crippen LogP contribution in [0.5, 0.6) is 0 Å². The Balaban J connectivity index is 2.42. The van der Waals surface area contributed by atoms with Crippen molar-refractivity contribution in [2.75, 3.05) is 4.72 Å². The first-order valence-electron chi connectivity index (χ1n) is 6.27. The zero-order valence-corrected chi connectivity index (χ0v) is 12.5. The predicted molar refractivity (Wildman–Crippen MR) is 78.8 cm³/mol. The molecule has 2 aromatic rings. The molecule has 0 bridgehead atoms. The Labute approximate surface area is 123 Å². The van der Waals surface area contributed by atoms with Crippen LogP contribution in [0.2, 0.25) is 0 Å². The number of rotatable bonds is 4. The number of pyridine rings is 1. The molecule has 5 nitrogen and oxygen atoms in total. The summed E-state index contributed by atoms with van der Waals surface area (Å²) in [5.74, 6) is -0.478. The maximum Gasteiger partial charge on any atom is 0.261 e. The molecular weight excluding hydrogens is 293 g/mol. The third kappa shape index (κ3) is 3.37. The van der Waals surface area contributed by atoms with E-state index in [0.717, 1.165) is 5.56 Å². The van der Waals surface area contributed by atoms with Crippen molar-refractivity contribution in [3.63, 3.8) is 0 Å². The molecule has 0 aliphatic rings. The second kappa shape index (κ2) is 5.79. The Morgan fingerprint density at radius 2 is 1.95 bits per heavy atom. The van der Waals surface area contributed by atoms with Crippen LogP contribution in [0.1, 0.15) is 16.7 Å². The van der Waals surface area contributed by atoms with E-state index >= 15 is 0 Å². The summed E-state index contributed by atoms with van der Waals surface area (Å²) in [6.45, 7) is 3.24. The molecular formula is C14H16FN3O2S. The fourth-order valence-electron chi connectivity index (χ4n) is 1.94. The number of anilines is 1. The molecule has 0 atom stereocenters. The van der Waals surface area contributed by atoms with E-state index < -0.39 is 15.8 Å². The quantitative estimate of drug-likeness (QED) is 0.905. The molecule has 0 saturated carbocycles. The van der Waals surface area contributed by atoms with Crippen LogP contribution in [-0.2, 0) is 16.6 Å². The summed E-state index contributed by atoms with van der Waals surface area (Å²) in [7, 11) is -3.81. The van der Waals surface area contributed by atoms with Crippen LogP contribution >= 0.6 is 0 Å². The predicted octanol–water partition coefficient (Wildman–Crippen LogP) is 2.10. The molecule has 3 N–H and O–H groups in total. The number of halogens is 1. The van der Waals surface area contributed by atoms with E-state index in [0.29, 0.717) is 5.69 Å². The Hall–Kier alpha value is -1.99. The number of nitrogens with one attached hydrogen (secondary N) is 1. The van der Waals surface area contributed by atoms with Crippen molar-refractivity contribution in [2.24, 2.45) is 5.73 Å². The van der Waals surface area contributed by atoms with E-state index in [1.54, 1.807) is 19.2 Å². The highest BCUT2D eigenvalue weighted by Crippen LogP contribution is 2.21. The number of benzene rings is 1. The number of hydrogen-bond acceptors (Lipinski definition) is 4. The third-order valence-corrected chi connectivity index (χ3v) is 4.32. The topological polar surface area (TPSA) is 85.1 Å². The van der Waals surface area contributed by atoms with Gasteiger partial charge >= 0.3 is 0 Å². The number of nitrogens with two attached hydrogens (primary N) is 1. The first-order valence-corrected chi connectivity index (χ1v) is 7.75. The van der Waals surface area contributed by atoms with E-state index in [1.807, 2.05) is 0 Å². The van der Waals surface area contributed by atoms with Gasteiger partial charge in [-0.25, -0.2) is 12.8 Å². The van der Waals surface area contributed by atoms with Crippen molar-refractivity contribution in [2.45, 2.75) is 25.3 Å². The highest BCUT2D eigenvalue weighted by molar-refractivity contribution is 7.92. The standard InChI is InChI=1S/C14H16FN3O2S/c1-9-3-12(8-17-7-9)18-21(19,20)13-4-10(2)14(15)11(5-13)6-16/h3-5,7-8,18H,6,16H2,1-2H3. The summed E-state index contributed by atoms with van der Waals surface area (Å²) >= 11 is 0. The molecule has 7 heteroatoms. The minimum absolute atomic E-state index is 0.0247. The van der Waals surface area contributed by atoms with Gasteiger partial charge in [0.2, 0.25) is 0 Å². The van der Waals surface area contributed by atoms with Gasteiger partial charge in [0.15, 0.2) is 0 Å². The third-order valence-electron chi connectivity index (χ3n) is 2.96. The summed E-state index contributed by atoms with van der Waals surface area (Å²) in [4.78, 5) is 3.90. The molecule has 1 heterocycles. The average Bonchev–Trinajstić information content (AvgIpc) is 2.41. The lowest BCUT2D eigenvalue weighted by molar-refractivity contribution is 0.592. The largest absolute Gasteiger partial charge is 0.326 e. The number of sulfonamides is 1. The molecule has 0 aliphatic carbocycles. The lowest BCUT2D eigenvalue weighted by atomic mass is 10.1. The summed E-state index contributed by atoms with van der Waals surface area (Å²) in [5.41, 5.74) is 7.02. The normalized spacial score (nSPS) is 11.4. The van der Waals surface area contributed by atoms with Crippen molar-refractivity contribution in [3.8, 4) is 0 Å². The zero-order valence-electron chi connectivity index (χ0n) is 11.7. The average molecular weight is 309 g/mol. The Morgan fingerprint density at radius 1 is 1.24 bits per heavy atom. The molecule has 0 radical (unpaired) electrons. The second-order valence-corrected chi connectivity index (χ2v) is 6.46. The van der Waals surface area contributed by atoms with Gasteiger partial charge in [-0.1, -0.05) is 0 Å². The van der Waals surface area contributed by atoms with Gasteiger partial charge in [0, 0.05) is 18.3 Å². The van der Waals surface area contributed by atoms with Crippen LogP contribution in [0.15, 0.2) is 35.5 Å². The van der Waals surface area contributed by atoms with Crippen molar-refractivity contribution < 1.29 is 12.8 Å². The van der Waals surface area contributed by atoms with Crippen LogP contribution < -0.4 is 10.5 Å². The van der Waals surface area contributed by atoms with E-state index in [-0.39, 0.29) is 22.6 Å². The Bertz CT molecular complexity index is 776. The molecule has 0 aliphatic heterocycles. The summed E-state index contributed by atoms with van der Waals surface area (Å²) in [6.07, 6.45) is 3.02. The fourth-order valence-corrected chi connectivity index (χ4v) is 3.10. The lowest BCUT2D eigenvalue weighted by Gasteiger charge is -2.11. The van der Waals surface area contributed by atoms with Gasteiger partial charge < -0.3 is 5.73 Å². The number of hydrogen-bond donors (Lipinski definition) is 2. The summed E-state index contributed by atoms with van der Waals surface area (Å²) < 4.78 is 40.8. The molecule has 2 rings (SSSR count). The van der Waals surface area contributed by atoms with E-state index in [9.17, 15) is 12.8 Å². The maximum atomic E-state index is 13.7. The smallest absolute Gasteiger partial charge is 0.261 e. The monoisotopic (exact) mass is 309 g/mol. The van der Waals surface area contributed by atoms with Crippen LogP contribution in [0, 0.1) is 19.7 Å². The van der Waals surface area contributed by atoms with Crippen LogP contribution in [0.4, 0.5) is 10.1 Å². The van der Waals surface area contributed by atoms with Crippen molar-refractivity contribution in [1.82, 2.24) is 4.98 Å². The van der Waals surface area contributed by atoms with Gasteiger partial charge in [0.05, 0.1) is 16.8 Å². The second-order valence-electron chi connectivity index (χ2n) is 4.77. The minimum atomic E-state index is -3.81. The SMILES string of the molecule is Cc1cncc(NS(=O)(=O)c2cc(C)c(F)c(CN)c2)c1. The van der Waals surface area contributed by atoms with Gasteiger partial charge in [0.25, 0.3) is 10.0 Å². The summed E-state index contributed by atoms with van der Waals surface area (Å²) in [5, 5.41) is 0. The number of aromatic nitrogens is 1. The molecule has 0 fully saturated rings. The van der Waals surface area contributed by atoms with Crippen LogP contribution in [-0.4, -0.2) is 13.4 Å². The van der Waals surface area contributed by atoms with E-state index in [1.165, 1.54) is 25.3 Å². The van der Waals surface area contributed by atoms with Gasteiger partial charge in [-0.15, -0.1) is 0 Å². The van der Waals surface area contributed by atoms with Gasteiger partial charge in [-0.3, -0.25) is 9.71 Å². The van der Waals surface area contributed by atoms with Crippen molar-refractivity contribution in [3.05, 3.63) is 53.1 Å². The first kappa shape index (κ1) is 15.4. The molecule has 0 unspecified atom stereocenters. The Morgan fingerprint density at radius 3 is 2.57 bits per heavy atom. The van der Waals surface area contributed by atoms with Crippen molar-refractivity contribution >= 4 is 15.7 Å². The number of nitrogens with zero attached hydrogens (tertiary/aromatic N) is 1. The highest BCUT2D eigenvalue weighted by atomic mass is 32.2. The Kier molecular flexibility index (Phi) is 4.24. The molecule has 1 aromatic heterocycles. The van der Waals surface area contributed by atoms with Gasteiger partial charge in [-0.2, -0.15) is 0 Å². The molecule has 21 heavy (non-hydrogen) atoms. The zero-order chi connectivity index (χ0) is 15.6. The fraction of sp³-hybridized carbons (Fsp3) is 0.214. The molecule has 1 aromatic carbocycles. The van der Waals surface area contributed by atoms with Gasteiger partial charge in [0.1, 0.15) is 5.82 Å². The first-order chi connectivity index (χ1) is 9.83. The maximum absolute atomic E-state index is 13.7. The van der Waals surface area contributed by atoms with Crippen LogP contribution in [0.3, 0.4) is 0 Å². The number of aryl methyl sites for hydroxylation is 2. The lowest BCUT2D eigenvalue weighted by Crippen LogP contribution is -2.15. The van der Waals surface area contributed by atoms with Crippen LogP contribution in [0.25, 0.3) is 0 Å². The molecule has 0 amide bonds. The highest BCUT2D eigenvalue weighted by Gasteiger charge is 2.18. The van der Waals surface area contributed by atoms with E-state index in [4.69, 9.17) is 5.73 Å². The summed E-state index contributed by atoms with van der Waals surface area (Å²) in [6, 6.07) is 4.18. The van der Waals surface area contributed by atoms with Gasteiger partial charge in [-0.05, 0) is 43.2 Å². The molecule has 0 spiro atoms. The van der Waals surface area contributed by atoms with E-state index in [2.05, 4.69) is 9.71 Å². The molecule has 112 valence electrons.